The lowest BCUT2D eigenvalue weighted by molar-refractivity contribution is -0.123. The van der Waals surface area contributed by atoms with Gasteiger partial charge in [0.05, 0.1) is 11.4 Å². The molecule has 0 unspecified atom stereocenters. The number of halogens is 4. The normalized spacial score (nSPS) is 14.6. The van der Waals surface area contributed by atoms with E-state index in [0.29, 0.717) is 5.69 Å². The molecule has 1 heterocycles. The van der Waals surface area contributed by atoms with Gasteiger partial charge in [0, 0.05) is 21.6 Å². The van der Waals surface area contributed by atoms with Crippen LogP contribution in [0.4, 0.5) is 23.2 Å². The first-order valence-corrected chi connectivity index (χ1v) is 9.25. The lowest BCUT2D eigenvalue weighted by Gasteiger charge is -2.27. The van der Waals surface area contributed by atoms with Crippen molar-refractivity contribution in [1.29, 1.82) is 0 Å². The van der Waals surface area contributed by atoms with E-state index in [2.05, 4.69) is 0 Å². The van der Waals surface area contributed by atoms with E-state index in [9.17, 15) is 27.2 Å². The Balaban J connectivity index is 1.95. The summed E-state index contributed by atoms with van der Waals surface area (Å²) in [6, 6.07) is 10.0. The average molecular weight is 409 g/mol. The van der Waals surface area contributed by atoms with Crippen LogP contribution in [-0.4, -0.2) is 17.6 Å². The molecule has 2 aromatic rings. The van der Waals surface area contributed by atoms with Crippen molar-refractivity contribution in [2.75, 3.05) is 10.7 Å². The first-order chi connectivity index (χ1) is 13.3. The van der Waals surface area contributed by atoms with Crippen LogP contribution in [-0.2, 0) is 9.59 Å². The molecule has 1 aliphatic rings. The number of amides is 2. The van der Waals surface area contributed by atoms with Crippen molar-refractivity contribution in [3.8, 4) is 0 Å². The first kappa shape index (κ1) is 20.1. The number of rotatable bonds is 4. The number of imide groups is 1. The summed E-state index contributed by atoms with van der Waals surface area (Å²) in [6.07, 6.45) is -4.79. The third-order valence-corrected chi connectivity index (χ3v) is 5.26. The predicted molar refractivity (Wildman–Crippen MR) is 99.7 cm³/mol. The summed E-state index contributed by atoms with van der Waals surface area (Å²) in [4.78, 5) is 27.0. The number of fused-ring (bicyclic) bond motifs is 1. The molecule has 0 bridgehead atoms. The van der Waals surface area contributed by atoms with Gasteiger partial charge in [-0.05, 0) is 36.8 Å². The van der Waals surface area contributed by atoms with Gasteiger partial charge in [0.15, 0.2) is 0 Å². The maximum Gasteiger partial charge on any atom is 0.264 e. The fourth-order valence-corrected chi connectivity index (χ4v) is 3.77. The van der Waals surface area contributed by atoms with Crippen molar-refractivity contribution >= 4 is 35.3 Å². The Hall–Kier alpha value is -2.61. The number of hydrogen-bond acceptors (Lipinski definition) is 3. The summed E-state index contributed by atoms with van der Waals surface area (Å²) in [6.45, 7) is 1.45. The van der Waals surface area contributed by atoms with Gasteiger partial charge in [-0.1, -0.05) is 24.3 Å². The van der Waals surface area contributed by atoms with Crippen molar-refractivity contribution in [3.63, 3.8) is 0 Å². The van der Waals surface area contributed by atoms with Gasteiger partial charge < -0.3 is 0 Å². The zero-order valence-electron chi connectivity index (χ0n) is 14.7. The number of para-hydroxylation sites is 1. The highest BCUT2D eigenvalue weighted by molar-refractivity contribution is 8.00. The van der Waals surface area contributed by atoms with Gasteiger partial charge in [0.25, 0.3) is 18.8 Å². The van der Waals surface area contributed by atoms with E-state index in [1.54, 1.807) is 24.3 Å². The molecule has 28 heavy (non-hydrogen) atoms. The second kappa shape index (κ2) is 8.18. The van der Waals surface area contributed by atoms with Crippen molar-refractivity contribution in [1.82, 2.24) is 0 Å². The molecule has 0 atom stereocenters. The minimum absolute atomic E-state index is 0.106. The third-order valence-electron chi connectivity index (χ3n) is 4.21. The Kier molecular flexibility index (Phi) is 5.88. The van der Waals surface area contributed by atoms with Crippen LogP contribution in [0.3, 0.4) is 0 Å². The molecule has 0 saturated heterocycles. The number of thioether (sulfide) groups is 1. The molecule has 3 nitrogen and oxygen atoms in total. The van der Waals surface area contributed by atoms with E-state index in [0.717, 1.165) is 21.9 Å². The van der Waals surface area contributed by atoms with Crippen LogP contribution >= 0.6 is 11.8 Å². The molecule has 8 heteroatoms. The standard InChI is InChI=1S/C20H15F4NO2S/c1-11(8-12-6-7-13(18(21)22)14(9-12)19(23)24)20(27)25-15-4-2-3-5-16(15)28-10-17(25)26/h2-9,18-19H,10H2,1H3/b11-8+. The Morgan fingerprint density at radius 1 is 1.07 bits per heavy atom. The summed E-state index contributed by atoms with van der Waals surface area (Å²) in [7, 11) is 0. The zero-order chi connectivity index (χ0) is 20.4. The highest BCUT2D eigenvalue weighted by atomic mass is 32.2. The number of alkyl halides is 4. The summed E-state index contributed by atoms with van der Waals surface area (Å²) >= 11 is 1.33. The molecular formula is C20H15F4NO2S. The van der Waals surface area contributed by atoms with Crippen molar-refractivity contribution in [3.05, 3.63) is 64.7 Å². The average Bonchev–Trinajstić information content (AvgIpc) is 2.67. The number of carbonyl (C=O) groups is 2. The van der Waals surface area contributed by atoms with E-state index in [1.807, 2.05) is 0 Å². The van der Waals surface area contributed by atoms with E-state index < -0.39 is 29.9 Å². The fraction of sp³-hybridized carbons (Fsp3) is 0.200. The molecule has 0 saturated carbocycles. The van der Waals surface area contributed by atoms with Crippen LogP contribution in [0.2, 0.25) is 0 Å². The van der Waals surface area contributed by atoms with Gasteiger partial charge in [0.2, 0.25) is 5.91 Å². The van der Waals surface area contributed by atoms with Crippen LogP contribution in [0.5, 0.6) is 0 Å². The van der Waals surface area contributed by atoms with E-state index >= 15 is 0 Å². The summed E-state index contributed by atoms with van der Waals surface area (Å²) in [5.74, 6) is -0.869. The smallest absolute Gasteiger partial charge is 0.264 e. The molecular weight excluding hydrogens is 394 g/mol. The molecule has 1 aliphatic heterocycles. The van der Waals surface area contributed by atoms with Crippen LogP contribution < -0.4 is 4.90 Å². The SMILES string of the molecule is C/C(=C\c1ccc(C(F)F)c(C(F)F)c1)C(=O)N1C(=O)CSc2ccccc21. The lowest BCUT2D eigenvalue weighted by Crippen LogP contribution is -2.40. The maximum atomic E-state index is 13.1. The van der Waals surface area contributed by atoms with Crippen LogP contribution in [0, 0.1) is 0 Å². The predicted octanol–water partition coefficient (Wildman–Crippen LogP) is 5.63. The lowest BCUT2D eigenvalue weighted by atomic mass is 10.0. The molecule has 0 spiro atoms. The Labute approximate surface area is 163 Å². The largest absolute Gasteiger partial charge is 0.273 e. The van der Waals surface area contributed by atoms with Gasteiger partial charge in [-0.25, -0.2) is 22.5 Å². The van der Waals surface area contributed by atoms with Crippen LogP contribution in [0.15, 0.2) is 52.9 Å². The topological polar surface area (TPSA) is 37.4 Å². The molecule has 2 aromatic carbocycles. The monoisotopic (exact) mass is 409 g/mol. The van der Waals surface area contributed by atoms with E-state index in [1.165, 1.54) is 30.8 Å². The molecule has 0 aliphatic carbocycles. The molecule has 146 valence electrons. The van der Waals surface area contributed by atoms with Gasteiger partial charge in [-0.15, -0.1) is 11.8 Å². The summed E-state index contributed by atoms with van der Waals surface area (Å²) < 4.78 is 52.0. The number of benzene rings is 2. The van der Waals surface area contributed by atoms with Gasteiger partial charge in [-0.2, -0.15) is 0 Å². The number of anilines is 1. The maximum absolute atomic E-state index is 13.1. The van der Waals surface area contributed by atoms with Gasteiger partial charge >= 0.3 is 0 Å². The Morgan fingerprint density at radius 2 is 1.75 bits per heavy atom. The number of nitrogens with zero attached hydrogens (tertiary/aromatic N) is 1. The minimum atomic E-state index is -3.07. The third kappa shape index (κ3) is 3.96. The number of hydrogen-bond donors (Lipinski definition) is 0. The first-order valence-electron chi connectivity index (χ1n) is 8.27. The Morgan fingerprint density at radius 3 is 2.43 bits per heavy atom. The van der Waals surface area contributed by atoms with Crippen molar-refractivity contribution in [2.24, 2.45) is 0 Å². The second-order valence-corrected chi connectivity index (χ2v) is 7.12. The molecule has 0 aromatic heterocycles. The van der Waals surface area contributed by atoms with Crippen LogP contribution in [0.25, 0.3) is 6.08 Å². The highest BCUT2D eigenvalue weighted by Crippen LogP contribution is 2.36. The molecule has 0 radical (unpaired) electrons. The minimum Gasteiger partial charge on any atom is -0.273 e. The van der Waals surface area contributed by atoms with E-state index in [-0.39, 0.29) is 22.8 Å². The molecule has 0 fully saturated rings. The highest BCUT2D eigenvalue weighted by Gasteiger charge is 2.30. The molecule has 3 rings (SSSR count). The molecule has 0 N–H and O–H groups in total. The second-order valence-electron chi connectivity index (χ2n) is 6.11. The van der Waals surface area contributed by atoms with Crippen molar-refractivity contribution < 1.29 is 27.2 Å². The van der Waals surface area contributed by atoms with Gasteiger partial charge in [0.1, 0.15) is 0 Å². The number of carbonyl (C=O) groups excluding carboxylic acids is 2. The quantitative estimate of drug-likeness (QED) is 0.485. The van der Waals surface area contributed by atoms with Gasteiger partial charge in [-0.3, -0.25) is 9.59 Å². The summed E-state index contributed by atoms with van der Waals surface area (Å²) in [5, 5.41) is 0. The van der Waals surface area contributed by atoms with E-state index in [4.69, 9.17) is 0 Å². The van der Waals surface area contributed by atoms with Crippen LogP contribution in [0.1, 0.15) is 36.5 Å². The Bertz CT molecular complexity index is 959. The fourth-order valence-electron chi connectivity index (χ4n) is 2.88. The zero-order valence-corrected chi connectivity index (χ0v) is 15.5. The molecule has 2 amide bonds. The van der Waals surface area contributed by atoms with Crippen molar-refractivity contribution in [2.45, 2.75) is 24.7 Å². The summed E-state index contributed by atoms with van der Waals surface area (Å²) in [5.41, 5.74) is -0.756.